The molecule has 0 aliphatic carbocycles. The SMILES string of the molecule is CCn1c(SCCCn2cc(N)ccc2=O)n[nH]c1=O. The molecule has 0 saturated heterocycles. The van der Waals surface area contributed by atoms with E-state index in [4.69, 9.17) is 5.73 Å². The number of hydrogen-bond donors (Lipinski definition) is 2. The molecule has 2 aromatic rings. The molecule has 0 unspecified atom stereocenters. The van der Waals surface area contributed by atoms with Crippen LogP contribution in [0.3, 0.4) is 0 Å². The van der Waals surface area contributed by atoms with E-state index >= 15 is 0 Å². The molecular weight excluding hydrogens is 278 g/mol. The van der Waals surface area contributed by atoms with Crippen LogP contribution in [0.4, 0.5) is 5.69 Å². The highest BCUT2D eigenvalue weighted by Gasteiger charge is 2.06. The van der Waals surface area contributed by atoms with Gasteiger partial charge >= 0.3 is 5.69 Å². The second-order valence-electron chi connectivity index (χ2n) is 4.25. The van der Waals surface area contributed by atoms with Crippen molar-refractivity contribution >= 4 is 17.4 Å². The summed E-state index contributed by atoms with van der Waals surface area (Å²) in [6.45, 7) is 3.08. The first-order chi connectivity index (χ1) is 9.61. The van der Waals surface area contributed by atoms with E-state index in [1.165, 1.54) is 17.8 Å². The summed E-state index contributed by atoms with van der Waals surface area (Å²) >= 11 is 1.50. The molecule has 20 heavy (non-hydrogen) atoms. The summed E-state index contributed by atoms with van der Waals surface area (Å²) in [5, 5.41) is 7.07. The number of nitrogens with one attached hydrogen (secondary N) is 1. The zero-order valence-corrected chi connectivity index (χ0v) is 12.0. The molecule has 2 heterocycles. The summed E-state index contributed by atoms with van der Waals surface area (Å²) < 4.78 is 3.17. The number of rotatable bonds is 6. The number of aryl methyl sites for hydroxylation is 1. The molecule has 0 spiro atoms. The number of pyridine rings is 1. The zero-order chi connectivity index (χ0) is 14.5. The Labute approximate surface area is 119 Å². The number of nitrogen functional groups attached to an aromatic ring is 1. The maximum atomic E-state index is 11.6. The fourth-order valence-corrected chi connectivity index (χ4v) is 2.75. The quantitative estimate of drug-likeness (QED) is 0.598. The molecule has 0 amide bonds. The standard InChI is InChI=1S/C12H17N5O2S/c1-2-17-11(19)14-15-12(17)20-7-3-6-16-8-9(13)4-5-10(16)18/h4-5,8H,2-3,6-7,13H2,1H3,(H,14,19). The van der Waals surface area contributed by atoms with Crippen LogP contribution in [0.5, 0.6) is 0 Å². The fourth-order valence-electron chi connectivity index (χ4n) is 1.82. The van der Waals surface area contributed by atoms with Gasteiger partial charge in [-0.25, -0.2) is 9.89 Å². The summed E-state index contributed by atoms with van der Waals surface area (Å²) in [7, 11) is 0. The normalized spacial score (nSPS) is 10.8. The molecule has 3 N–H and O–H groups in total. The van der Waals surface area contributed by atoms with Crippen LogP contribution in [0.2, 0.25) is 0 Å². The molecule has 0 aromatic carbocycles. The van der Waals surface area contributed by atoms with E-state index in [9.17, 15) is 9.59 Å². The molecule has 0 bridgehead atoms. The molecule has 0 aliphatic rings. The lowest BCUT2D eigenvalue weighted by atomic mass is 10.4. The van der Waals surface area contributed by atoms with E-state index in [0.29, 0.717) is 23.9 Å². The molecule has 8 heteroatoms. The average molecular weight is 295 g/mol. The Morgan fingerprint density at radius 1 is 1.40 bits per heavy atom. The van der Waals surface area contributed by atoms with Crippen LogP contribution in [-0.4, -0.2) is 25.1 Å². The van der Waals surface area contributed by atoms with Crippen LogP contribution in [0.1, 0.15) is 13.3 Å². The highest BCUT2D eigenvalue weighted by atomic mass is 32.2. The van der Waals surface area contributed by atoms with Crippen molar-refractivity contribution in [1.82, 2.24) is 19.3 Å². The Morgan fingerprint density at radius 3 is 2.95 bits per heavy atom. The van der Waals surface area contributed by atoms with Crippen molar-refractivity contribution in [3.63, 3.8) is 0 Å². The smallest absolute Gasteiger partial charge is 0.343 e. The minimum Gasteiger partial charge on any atom is -0.398 e. The first kappa shape index (κ1) is 14.4. The number of anilines is 1. The Balaban J connectivity index is 1.89. The Bertz CT molecular complexity index is 688. The van der Waals surface area contributed by atoms with Gasteiger partial charge in [-0.2, -0.15) is 0 Å². The van der Waals surface area contributed by atoms with Crippen LogP contribution < -0.4 is 17.0 Å². The van der Waals surface area contributed by atoms with Gasteiger partial charge in [0.1, 0.15) is 0 Å². The van der Waals surface area contributed by atoms with Gasteiger partial charge in [0, 0.05) is 36.8 Å². The van der Waals surface area contributed by atoms with Gasteiger partial charge in [0.05, 0.1) is 0 Å². The average Bonchev–Trinajstić information content (AvgIpc) is 2.79. The number of H-pyrrole nitrogens is 1. The van der Waals surface area contributed by atoms with Gasteiger partial charge < -0.3 is 10.3 Å². The van der Waals surface area contributed by atoms with E-state index in [1.807, 2.05) is 6.92 Å². The van der Waals surface area contributed by atoms with Gasteiger partial charge in [-0.15, -0.1) is 5.10 Å². The van der Waals surface area contributed by atoms with Crippen molar-refractivity contribution in [1.29, 1.82) is 0 Å². The second kappa shape index (κ2) is 6.47. The zero-order valence-electron chi connectivity index (χ0n) is 11.2. The second-order valence-corrected chi connectivity index (χ2v) is 5.31. The number of nitrogens with two attached hydrogens (primary N) is 1. The summed E-state index contributed by atoms with van der Waals surface area (Å²) in [4.78, 5) is 23.0. The van der Waals surface area contributed by atoms with Crippen LogP contribution in [0.15, 0.2) is 33.1 Å². The summed E-state index contributed by atoms with van der Waals surface area (Å²) in [5.74, 6) is 0.769. The molecular formula is C12H17N5O2S. The van der Waals surface area contributed by atoms with Gasteiger partial charge in [-0.05, 0) is 19.4 Å². The van der Waals surface area contributed by atoms with E-state index in [2.05, 4.69) is 10.2 Å². The number of nitrogens with zero attached hydrogens (tertiary/aromatic N) is 3. The van der Waals surface area contributed by atoms with Crippen molar-refractivity contribution in [3.05, 3.63) is 39.2 Å². The monoisotopic (exact) mass is 295 g/mol. The molecule has 0 atom stereocenters. The number of hydrogen-bond acceptors (Lipinski definition) is 5. The summed E-state index contributed by atoms with van der Waals surface area (Å²) in [6.07, 6.45) is 2.43. The van der Waals surface area contributed by atoms with Crippen LogP contribution in [0.25, 0.3) is 0 Å². The fraction of sp³-hybridized carbons (Fsp3) is 0.417. The number of thioether (sulfide) groups is 1. The third kappa shape index (κ3) is 3.32. The highest BCUT2D eigenvalue weighted by Crippen LogP contribution is 2.14. The highest BCUT2D eigenvalue weighted by molar-refractivity contribution is 7.99. The van der Waals surface area contributed by atoms with Crippen LogP contribution in [-0.2, 0) is 13.1 Å². The third-order valence-corrected chi connectivity index (χ3v) is 3.88. The van der Waals surface area contributed by atoms with E-state index in [0.717, 1.165) is 12.2 Å². The maximum absolute atomic E-state index is 11.6. The molecule has 0 fully saturated rings. The van der Waals surface area contributed by atoms with E-state index < -0.39 is 0 Å². The van der Waals surface area contributed by atoms with Gasteiger partial charge in [-0.1, -0.05) is 11.8 Å². The van der Waals surface area contributed by atoms with Crippen LogP contribution in [0, 0.1) is 0 Å². The Morgan fingerprint density at radius 2 is 2.20 bits per heavy atom. The van der Waals surface area contributed by atoms with Gasteiger partial charge in [0.25, 0.3) is 5.56 Å². The van der Waals surface area contributed by atoms with Crippen LogP contribution >= 0.6 is 11.8 Å². The van der Waals surface area contributed by atoms with Crippen molar-refractivity contribution in [2.24, 2.45) is 0 Å². The third-order valence-electron chi connectivity index (χ3n) is 2.82. The Hall–Kier alpha value is -1.96. The van der Waals surface area contributed by atoms with Crippen molar-refractivity contribution in [3.8, 4) is 0 Å². The Kier molecular flexibility index (Phi) is 4.67. The summed E-state index contributed by atoms with van der Waals surface area (Å²) in [6, 6.07) is 3.06. The largest absolute Gasteiger partial charge is 0.398 e. The lowest BCUT2D eigenvalue weighted by Gasteiger charge is -2.06. The van der Waals surface area contributed by atoms with Gasteiger partial charge in [-0.3, -0.25) is 9.36 Å². The van der Waals surface area contributed by atoms with E-state index in [1.54, 1.807) is 21.4 Å². The number of aromatic nitrogens is 4. The molecule has 2 rings (SSSR count). The molecule has 0 saturated carbocycles. The van der Waals surface area contributed by atoms with Gasteiger partial charge in [0.15, 0.2) is 5.16 Å². The topological polar surface area (TPSA) is 98.7 Å². The predicted molar refractivity (Wildman–Crippen MR) is 79.0 cm³/mol. The molecule has 7 nitrogen and oxygen atoms in total. The predicted octanol–water partition coefficient (Wildman–Crippen LogP) is 0.518. The van der Waals surface area contributed by atoms with E-state index in [-0.39, 0.29) is 11.2 Å². The lowest BCUT2D eigenvalue weighted by molar-refractivity contribution is 0.649. The van der Waals surface area contributed by atoms with Crippen molar-refractivity contribution in [2.45, 2.75) is 31.6 Å². The minimum absolute atomic E-state index is 0.0607. The van der Waals surface area contributed by atoms with Crippen molar-refractivity contribution < 1.29 is 0 Å². The summed E-state index contributed by atoms with van der Waals surface area (Å²) in [5.41, 5.74) is 5.97. The number of aromatic amines is 1. The van der Waals surface area contributed by atoms with Crippen molar-refractivity contribution in [2.75, 3.05) is 11.5 Å². The maximum Gasteiger partial charge on any atom is 0.343 e. The first-order valence-electron chi connectivity index (χ1n) is 6.35. The first-order valence-corrected chi connectivity index (χ1v) is 7.34. The van der Waals surface area contributed by atoms with Gasteiger partial charge in [0.2, 0.25) is 0 Å². The molecule has 108 valence electrons. The molecule has 2 aromatic heterocycles. The lowest BCUT2D eigenvalue weighted by Crippen LogP contribution is -2.19. The molecule has 0 aliphatic heterocycles. The molecule has 0 radical (unpaired) electrons. The minimum atomic E-state index is -0.193.